The zero-order valence-electron chi connectivity index (χ0n) is 8.24. The summed E-state index contributed by atoms with van der Waals surface area (Å²) in [6.45, 7) is 0.577. The second kappa shape index (κ2) is 6.59. The van der Waals surface area contributed by atoms with Crippen LogP contribution in [0.4, 0.5) is 5.82 Å². The lowest BCUT2D eigenvalue weighted by molar-refractivity contribution is -0.120. The van der Waals surface area contributed by atoms with Crippen molar-refractivity contribution in [1.82, 2.24) is 9.97 Å². The third-order valence-electron chi connectivity index (χ3n) is 1.43. The fourth-order valence-electron chi connectivity index (χ4n) is 0.881. The number of halogens is 2. The van der Waals surface area contributed by atoms with Crippen LogP contribution >= 0.6 is 23.2 Å². The van der Waals surface area contributed by atoms with Crippen molar-refractivity contribution in [2.24, 2.45) is 5.73 Å². The molecule has 8 heteroatoms. The van der Waals surface area contributed by atoms with Crippen molar-refractivity contribution in [3.63, 3.8) is 0 Å². The number of carbonyl (C=O) groups is 1. The van der Waals surface area contributed by atoms with Crippen molar-refractivity contribution in [3.05, 3.63) is 16.5 Å². The first-order valence-corrected chi connectivity index (χ1v) is 5.15. The summed E-state index contributed by atoms with van der Waals surface area (Å²) in [7, 11) is 0. The van der Waals surface area contributed by atoms with E-state index >= 15 is 0 Å². The zero-order valence-corrected chi connectivity index (χ0v) is 9.75. The molecule has 6 nitrogen and oxygen atoms in total. The molecular formula is C8H10Cl2N4O2. The quantitative estimate of drug-likeness (QED) is 0.464. The predicted molar refractivity (Wildman–Crippen MR) is 60.6 cm³/mol. The van der Waals surface area contributed by atoms with Crippen LogP contribution in [0.5, 0.6) is 0 Å². The van der Waals surface area contributed by atoms with Gasteiger partial charge < -0.3 is 15.8 Å². The monoisotopic (exact) mass is 264 g/mol. The molecule has 0 aliphatic heterocycles. The van der Waals surface area contributed by atoms with Gasteiger partial charge in [-0.2, -0.15) is 0 Å². The fourth-order valence-corrected chi connectivity index (χ4v) is 1.29. The van der Waals surface area contributed by atoms with Crippen molar-refractivity contribution >= 4 is 34.9 Å². The van der Waals surface area contributed by atoms with Crippen LogP contribution in [0, 0.1) is 0 Å². The largest absolute Gasteiger partial charge is 0.370 e. The molecule has 0 aliphatic carbocycles. The Kier molecular flexibility index (Phi) is 5.41. The number of anilines is 1. The summed E-state index contributed by atoms with van der Waals surface area (Å²) < 4.78 is 4.93. The van der Waals surface area contributed by atoms with Gasteiger partial charge in [-0.25, -0.2) is 9.97 Å². The highest BCUT2D eigenvalue weighted by Crippen LogP contribution is 2.13. The topological polar surface area (TPSA) is 90.1 Å². The molecule has 0 saturated carbocycles. The number of hydrogen-bond donors (Lipinski definition) is 2. The van der Waals surface area contributed by atoms with Crippen LogP contribution in [0.3, 0.4) is 0 Å². The van der Waals surface area contributed by atoms with E-state index in [1.54, 1.807) is 0 Å². The molecule has 0 bridgehead atoms. The number of amides is 1. The van der Waals surface area contributed by atoms with Crippen LogP contribution in [-0.2, 0) is 9.53 Å². The molecule has 16 heavy (non-hydrogen) atoms. The summed E-state index contributed by atoms with van der Waals surface area (Å²) in [6.07, 6.45) is 0. The molecule has 0 atom stereocenters. The Bertz CT molecular complexity index is 355. The molecule has 0 aliphatic rings. The first kappa shape index (κ1) is 13.1. The van der Waals surface area contributed by atoms with Crippen LogP contribution in [0.2, 0.25) is 10.4 Å². The Morgan fingerprint density at radius 2 is 2.25 bits per heavy atom. The highest BCUT2D eigenvalue weighted by molar-refractivity contribution is 6.32. The lowest BCUT2D eigenvalue weighted by Crippen LogP contribution is -2.21. The van der Waals surface area contributed by atoms with Gasteiger partial charge in [-0.3, -0.25) is 4.79 Å². The minimum Gasteiger partial charge on any atom is -0.370 e. The summed E-state index contributed by atoms with van der Waals surface area (Å²) in [5.74, 6) is -0.134. The van der Waals surface area contributed by atoms with Crippen LogP contribution in [0.15, 0.2) is 6.07 Å². The third kappa shape index (κ3) is 4.71. The number of nitrogens with zero attached hydrogens (tertiary/aromatic N) is 2. The van der Waals surface area contributed by atoms with Gasteiger partial charge in [0.2, 0.25) is 5.28 Å². The van der Waals surface area contributed by atoms with Gasteiger partial charge in [0.05, 0.1) is 6.61 Å². The Morgan fingerprint density at radius 3 is 2.88 bits per heavy atom. The van der Waals surface area contributed by atoms with E-state index in [2.05, 4.69) is 15.3 Å². The van der Waals surface area contributed by atoms with E-state index in [1.807, 2.05) is 0 Å². The van der Waals surface area contributed by atoms with Gasteiger partial charge in [0, 0.05) is 12.6 Å². The van der Waals surface area contributed by atoms with E-state index in [0.717, 1.165) is 0 Å². The van der Waals surface area contributed by atoms with Gasteiger partial charge in [0.25, 0.3) is 5.91 Å². The van der Waals surface area contributed by atoms with Crippen molar-refractivity contribution in [3.8, 4) is 0 Å². The van der Waals surface area contributed by atoms with Crippen LogP contribution in [0.25, 0.3) is 0 Å². The van der Waals surface area contributed by atoms with Gasteiger partial charge in [-0.05, 0) is 11.6 Å². The van der Waals surface area contributed by atoms with E-state index in [0.29, 0.717) is 13.2 Å². The lowest BCUT2D eigenvalue weighted by atomic mass is 10.5. The minimum atomic E-state index is -0.362. The highest BCUT2D eigenvalue weighted by Gasteiger charge is 2.06. The Morgan fingerprint density at radius 1 is 1.50 bits per heavy atom. The number of rotatable bonds is 5. The van der Waals surface area contributed by atoms with Crippen molar-refractivity contribution in [2.75, 3.05) is 25.1 Å². The SMILES string of the molecule is NCCOCC(=O)Nc1cc(Cl)nc(Cl)n1. The highest BCUT2D eigenvalue weighted by atomic mass is 35.5. The Balaban J connectivity index is 2.49. The first-order chi connectivity index (χ1) is 7.61. The van der Waals surface area contributed by atoms with E-state index in [4.69, 9.17) is 33.7 Å². The van der Waals surface area contributed by atoms with Crippen molar-refractivity contribution < 1.29 is 9.53 Å². The summed E-state index contributed by atoms with van der Waals surface area (Å²) in [6, 6.07) is 1.38. The summed E-state index contributed by atoms with van der Waals surface area (Å²) in [5.41, 5.74) is 5.19. The molecule has 3 N–H and O–H groups in total. The number of nitrogens with two attached hydrogens (primary N) is 1. The molecular weight excluding hydrogens is 255 g/mol. The van der Waals surface area contributed by atoms with Gasteiger partial charge in [-0.15, -0.1) is 0 Å². The maximum Gasteiger partial charge on any atom is 0.251 e. The maximum atomic E-state index is 11.3. The summed E-state index contributed by atoms with van der Waals surface area (Å²) in [4.78, 5) is 18.7. The smallest absolute Gasteiger partial charge is 0.251 e. The molecule has 1 rings (SSSR count). The van der Waals surface area contributed by atoms with Gasteiger partial charge in [0.15, 0.2) is 0 Å². The first-order valence-electron chi connectivity index (χ1n) is 4.39. The number of ether oxygens (including phenoxy) is 1. The second-order valence-electron chi connectivity index (χ2n) is 2.73. The normalized spacial score (nSPS) is 10.2. The Labute approximate surface area is 102 Å². The number of aromatic nitrogens is 2. The Hall–Kier alpha value is -0.950. The molecule has 1 heterocycles. The molecule has 1 aromatic rings. The van der Waals surface area contributed by atoms with Crippen molar-refractivity contribution in [1.29, 1.82) is 0 Å². The molecule has 0 fully saturated rings. The third-order valence-corrected chi connectivity index (χ3v) is 1.79. The van der Waals surface area contributed by atoms with E-state index in [1.165, 1.54) is 6.07 Å². The molecule has 0 spiro atoms. The van der Waals surface area contributed by atoms with E-state index < -0.39 is 0 Å². The average Bonchev–Trinajstić information content (AvgIpc) is 2.16. The van der Waals surface area contributed by atoms with E-state index in [9.17, 15) is 4.79 Å². The summed E-state index contributed by atoms with van der Waals surface area (Å²) in [5, 5.41) is 2.57. The van der Waals surface area contributed by atoms with E-state index in [-0.39, 0.29) is 28.8 Å². The molecule has 0 saturated heterocycles. The van der Waals surface area contributed by atoms with Crippen LogP contribution in [-0.4, -0.2) is 35.6 Å². The van der Waals surface area contributed by atoms with Gasteiger partial charge in [0.1, 0.15) is 17.6 Å². The fraction of sp³-hybridized carbons (Fsp3) is 0.375. The molecule has 88 valence electrons. The number of hydrogen-bond acceptors (Lipinski definition) is 5. The zero-order chi connectivity index (χ0) is 12.0. The van der Waals surface area contributed by atoms with Crippen LogP contribution < -0.4 is 11.1 Å². The van der Waals surface area contributed by atoms with Crippen LogP contribution in [0.1, 0.15) is 0 Å². The second-order valence-corrected chi connectivity index (χ2v) is 3.46. The molecule has 1 aromatic heterocycles. The maximum absolute atomic E-state index is 11.3. The molecule has 0 unspecified atom stereocenters. The molecule has 0 radical (unpaired) electrons. The minimum absolute atomic E-state index is 0.0364. The lowest BCUT2D eigenvalue weighted by Gasteiger charge is -2.05. The molecule has 1 amide bonds. The average molecular weight is 265 g/mol. The molecule has 0 aromatic carbocycles. The van der Waals surface area contributed by atoms with Crippen molar-refractivity contribution in [2.45, 2.75) is 0 Å². The predicted octanol–water partition coefficient (Wildman–Crippen LogP) is 0.697. The van der Waals surface area contributed by atoms with Gasteiger partial charge >= 0.3 is 0 Å². The standard InChI is InChI=1S/C8H10Cl2N4O2/c9-5-3-6(14-8(10)12-5)13-7(15)4-16-2-1-11/h3H,1-2,4,11H2,(H,12,13,14,15). The number of nitrogens with one attached hydrogen (secondary N) is 1. The summed E-state index contributed by atoms with van der Waals surface area (Å²) >= 11 is 11.2. The number of carbonyl (C=O) groups excluding carboxylic acids is 1. The van der Waals surface area contributed by atoms with Gasteiger partial charge in [-0.1, -0.05) is 11.6 Å².